The van der Waals surface area contributed by atoms with Crippen LogP contribution in [0.1, 0.15) is 32.3 Å². The van der Waals surface area contributed by atoms with Crippen LogP contribution in [0.15, 0.2) is 42.6 Å². The summed E-state index contributed by atoms with van der Waals surface area (Å²) in [5.41, 5.74) is 9.31. The third-order valence-electron chi connectivity index (χ3n) is 5.89. The number of hydrogen-bond donors (Lipinski definition) is 2. The second kappa shape index (κ2) is 6.34. The number of amides is 1. The first-order valence-electron chi connectivity index (χ1n) is 9.34. The lowest BCUT2D eigenvalue weighted by molar-refractivity contribution is -0.118. The lowest BCUT2D eigenvalue weighted by atomic mass is 10.0. The Labute approximate surface area is 159 Å². The molecular weight excluding hydrogens is 336 g/mol. The van der Waals surface area contributed by atoms with Gasteiger partial charge in [-0.15, -0.1) is 0 Å². The molecule has 5 heteroatoms. The zero-order valence-electron chi connectivity index (χ0n) is 15.9. The number of aryl methyl sites for hydroxylation is 1. The van der Waals surface area contributed by atoms with Gasteiger partial charge in [0.15, 0.2) is 0 Å². The number of nitrogens with zero attached hydrogens (tertiary/aromatic N) is 2. The Morgan fingerprint density at radius 1 is 1.33 bits per heavy atom. The Morgan fingerprint density at radius 3 is 2.81 bits per heavy atom. The highest BCUT2D eigenvalue weighted by molar-refractivity contribution is 5.98. The molecule has 2 heterocycles. The Balaban J connectivity index is 1.67. The summed E-state index contributed by atoms with van der Waals surface area (Å²) < 4.78 is 0. The van der Waals surface area contributed by atoms with Crippen molar-refractivity contribution in [3.05, 3.63) is 48.2 Å². The monoisotopic (exact) mass is 360 g/mol. The van der Waals surface area contributed by atoms with Gasteiger partial charge in [-0.25, -0.2) is 9.97 Å². The van der Waals surface area contributed by atoms with Crippen LogP contribution in [0, 0.1) is 18.3 Å². The van der Waals surface area contributed by atoms with Gasteiger partial charge in [0.1, 0.15) is 11.6 Å². The minimum atomic E-state index is 0.0485. The van der Waals surface area contributed by atoms with Crippen LogP contribution in [0.4, 0.5) is 11.6 Å². The van der Waals surface area contributed by atoms with E-state index < -0.39 is 0 Å². The molecule has 0 spiro atoms. The molecule has 0 aliphatic heterocycles. The highest BCUT2D eigenvalue weighted by Gasteiger charge is 2.52. The first kappa shape index (κ1) is 17.5. The molecule has 1 fully saturated rings. The van der Waals surface area contributed by atoms with Gasteiger partial charge in [0, 0.05) is 23.1 Å². The molecule has 1 saturated carbocycles. The zero-order valence-corrected chi connectivity index (χ0v) is 15.9. The third-order valence-corrected chi connectivity index (χ3v) is 5.89. The number of rotatable bonds is 4. The van der Waals surface area contributed by atoms with Crippen molar-refractivity contribution in [2.45, 2.75) is 33.6 Å². The van der Waals surface area contributed by atoms with Gasteiger partial charge in [-0.3, -0.25) is 4.79 Å². The first-order chi connectivity index (χ1) is 12.9. The Hall–Kier alpha value is -2.95. The van der Waals surface area contributed by atoms with Crippen LogP contribution < -0.4 is 11.1 Å². The van der Waals surface area contributed by atoms with Gasteiger partial charge < -0.3 is 11.1 Å². The molecule has 0 radical (unpaired) electrons. The van der Waals surface area contributed by atoms with Gasteiger partial charge in [-0.2, -0.15) is 0 Å². The average Bonchev–Trinajstić information content (AvgIpc) is 3.34. The number of anilines is 2. The molecule has 0 bridgehead atoms. The number of hydrogen-bond acceptors (Lipinski definition) is 4. The van der Waals surface area contributed by atoms with Crippen molar-refractivity contribution in [3.63, 3.8) is 0 Å². The molecule has 5 nitrogen and oxygen atoms in total. The van der Waals surface area contributed by atoms with E-state index in [-0.39, 0.29) is 17.2 Å². The Kier molecular flexibility index (Phi) is 4.10. The summed E-state index contributed by atoms with van der Waals surface area (Å²) in [6.07, 6.45) is 3.64. The van der Waals surface area contributed by atoms with Gasteiger partial charge in [-0.1, -0.05) is 38.1 Å². The summed E-state index contributed by atoms with van der Waals surface area (Å²) in [6.45, 7) is 6.34. The fraction of sp³-hybridized carbons (Fsp3) is 0.318. The van der Waals surface area contributed by atoms with Crippen molar-refractivity contribution in [2.75, 3.05) is 11.1 Å². The maximum Gasteiger partial charge on any atom is 0.229 e. The fourth-order valence-electron chi connectivity index (χ4n) is 3.66. The minimum Gasteiger partial charge on any atom is -0.383 e. The van der Waals surface area contributed by atoms with E-state index in [4.69, 9.17) is 5.73 Å². The number of benzene rings is 1. The van der Waals surface area contributed by atoms with Crippen LogP contribution in [0.5, 0.6) is 0 Å². The van der Waals surface area contributed by atoms with Gasteiger partial charge in [0.05, 0.1) is 5.69 Å². The molecule has 138 valence electrons. The molecule has 27 heavy (non-hydrogen) atoms. The van der Waals surface area contributed by atoms with Crippen LogP contribution >= 0.6 is 0 Å². The minimum absolute atomic E-state index is 0.0485. The average molecular weight is 360 g/mol. The molecule has 0 saturated heterocycles. The second-order valence-corrected chi connectivity index (χ2v) is 7.75. The smallest absolute Gasteiger partial charge is 0.229 e. The summed E-state index contributed by atoms with van der Waals surface area (Å²) in [5, 5.41) is 4.67. The van der Waals surface area contributed by atoms with Crippen LogP contribution in [0.25, 0.3) is 22.0 Å². The number of fused-ring (bicyclic) bond motifs is 1. The van der Waals surface area contributed by atoms with Crippen molar-refractivity contribution in [2.24, 2.45) is 11.3 Å². The van der Waals surface area contributed by atoms with Gasteiger partial charge in [-0.05, 0) is 48.3 Å². The molecule has 4 rings (SSSR count). The molecule has 1 aliphatic rings. The van der Waals surface area contributed by atoms with Gasteiger partial charge >= 0.3 is 0 Å². The quantitative estimate of drug-likeness (QED) is 0.714. The maximum absolute atomic E-state index is 12.5. The van der Waals surface area contributed by atoms with Crippen LogP contribution in [0.3, 0.4) is 0 Å². The number of nitrogens with one attached hydrogen (secondary N) is 1. The number of nitrogen functional groups attached to an aromatic ring is 1. The van der Waals surface area contributed by atoms with E-state index in [2.05, 4.69) is 42.1 Å². The molecule has 2 atom stereocenters. The van der Waals surface area contributed by atoms with Crippen LogP contribution in [-0.2, 0) is 4.79 Å². The molecule has 2 aromatic heterocycles. The number of aromatic nitrogens is 2. The maximum atomic E-state index is 12.5. The lowest BCUT2D eigenvalue weighted by Gasteiger charge is -2.11. The van der Waals surface area contributed by atoms with E-state index in [1.54, 1.807) is 6.20 Å². The van der Waals surface area contributed by atoms with Crippen molar-refractivity contribution in [1.82, 2.24) is 9.97 Å². The second-order valence-electron chi connectivity index (χ2n) is 7.75. The lowest BCUT2D eigenvalue weighted by Crippen LogP contribution is -2.18. The number of carbonyl (C=O) groups is 1. The normalized spacial score (nSPS) is 21.2. The largest absolute Gasteiger partial charge is 0.383 e. The van der Waals surface area contributed by atoms with Crippen molar-refractivity contribution in [3.8, 4) is 11.3 Å². The molecule has 0 unspecified atom stereocenters. The van der Waals surface area contributed by atoms with E-state index in [9.17, 15) is 4.79 Å². The number of pyridine rings is 2. The topological polar surface area (TPSA) is 80.9 Å². The number of nitrogens with two attached hydrogens (primary N) is 1. The number of carbonyl (C=O) groups excluding carboxylic acids is 1. The summed E-state index contributed by atoms with van der Waals surface area (Å²) in [5.74, 6) is 1.12. The van der Waals surface area contributed by atoms with Crippen LogP contribution in [-0.4, -0.2) is 15.9 Å². The summed E-state index contributed by atoms with van der Waals surface area (Å²) in [4.78, 5) is 21.4. The predicted octanol–water partition coefficient (Wildman–Crippen LogP) is 4.56. The Morgan fingerprint density at radius 2 is 2.11 bits per heavy atom. The molecule has 1 aliphatic carbocycles. The first-order valence-corrected chi connectivity index (χ1v) is 9.34. The van der Waals surface area contributed by atoms with Crippen LogP contribution in [0.2, 0.25) is 0 Å². The summed E-state index contributed by atoms with van der Waals surface area (Å²) in [7, 11) is 0. The van der Waals surface area contributed by atoms with Crippen molar-refractivity contribution in [1.29, 1.82) is 0 Å². The van der Waals surface area contributed by atoms with Crippen molar-refractivity contribution < 1.29 is 4.79 Å². The summed E-state index contributed by atoms with van der Waals surface area (Å²) in [6, 6.07) is 11.9. The van der Waals surface area contributed by atoms with Crippen molar-refractivity contribution >= 4 is 28.3 Å². The standard InChI is InChI=1S/C22H24N4O/c1-4-22(3)11-17(22)21(27)26-19-10-14-9-18(15-8-6-5-7-13(15)2)25-20(23)16(14)12-24-19/h5-10,12,17H,4,11H2,1-3H3,(H2,23,25)(H,24,26,27)/t17-,22-/m0/s1. The van der Waals surface area contributed by atoms with E-state index in [0.717, 1.165) is 40.4 Å². The highest BCUT2D eigenvalue weighted by atomic mass is 16.2. The molecule has 1 aromatic carbocycles. The van der Waals surface area contributed by atoms with E-state index in [1.165, 1.54) is 0 Å². The van der Waals surface area contributed by atoms with E-state index in [1.807, 2.05) is 30.3 Å². The fourth-order valence-corrected chi connectivity index (χ4v) is 3.66. The Bertz CT molecular complexity index is 1050. The van der Waals surface area contributed by atoms with Gasteiger partial charge in [0.25, 0.3) is 0 Å². The molecule has 3 N–H and O–H groups in total. The van der Waals surface area contributed by atoms with Gasteiger partial charge in [0.2, 0.25) is 5.91 Å². The molecular formula is C22H24N4O. The molecule has 3 aromatic rings. The highest BCUT2D eigenvalue weighted by Crippen LogP contribution is 2.55. The zero-order chi connectivity index (χ0) is 19.2. The molecule has 1 amide bonds. The van der Waals surface area contributed by atoms with E-state index >= 15 is 0 Å². The summed E-state index contributed by atoms with van der Waals surface area (Å²) >= 11 is 0. The third kappa shape index (κ3) is 3.14. The SMILES string of the molecule is CC[C@@]1(C)C[C@H]1C(=O)Nc1cc2cc(-c3ccccc3C)nc(N)c2cn1. The van der Waals surface area contributed by atoms with E-state index in [0.29, 0.717) is 11.6 Å². The predicted molar refractivity (Wildman–Crippen MR) is 109 cm³/mol.